The fourth-order valence-electron chi connectivity index (χ4n) is 2.74. The summed E-state index contributed by atoms with van der Waals surface area (Å²) in [5.41, 5.74) is 1.86. The van der Waals surface area contributed by atoms with Gasteiger partial charge in [-0.2, -0.15) is 0 Å². The van der Waals surface area contributed by atoms with E-state index in [2.05, 4.69) is 10.6 Å². The summed E-state index contributed by atoms with van der Waals surface area (Å²) in [5.74, 6) is 0.0248. The van der Waals surface area contributed by atoms with Crippen molar-refractivity contribution >= 4 is 17.5 Å². The second-order valence-electron chi connectivity index (χ2n) is 6.30. The monoisotopic (exact) mass is 374 g/mol. The molecule has 3 rings (SSSR count). The number of amides is 2. The van der Waals surface area contributed by atoms with Gasteiger partial charge in [0.25, 0.3) is 11.8 Å². The maximum Gasteiger partial charge on any atom is 0.262 e. The number of hydrogen-bond donors (Lipinski definition) is 2. The molecule has 0 heterocycles. The molecule has 0 aliphatic heterocycles. The normalized spacial score (nSPS) is 11.3. The van der Waals surface area contributed by atoms with E-state index in [-0.39, 0.29) is 24.5 Å². The first-order valence-corrected chi connectivity index (χ1v) is 9.06. The van der Waals surface area contributed by atoms with Crippen LogP contribution in [-0.4, -0.2) is 18.4 Å². The van der Waals surface area contributed by atoms with Crippen LogP contribution in [-0.2, 0) is 4.79 Å². The maximum atomic E-state index is 12.7. The van der Waals surface area contributed by atoms with Gasteiger partial charge in [0, 0.05) is 0 Å². The van der Waals surface area contributed by atoms with Crippen LogP contribution in [0.4, 0.5) is 5.69 Å². The Morgan fingerprint density at radius 2 is 1.46 bits per heavy atom. The van der Waals surface area contributed by atoms with Crippen LogP contribution in [0.5, 0.6) is 5.75 Å². The molecule has 0 bridgehead atoms. The summed E-state index contributed by atoms with van der Waals surface area (Å²) in [4.78, 5) is 25.0. The molecule has 0 aromatic heterocycles. The quantitative estimate of drug-likeness (QED) is 0.651. The topological polar surface area (TPSA) is 67.4 Å². The molecule has 5 heteroatoms. The highest BCUT2D eigenvalue weighted by Gasteiger charge is 2.16. The van der Waals surface area contributed by atoms with Gasteiger partial charge in [-0.25, -0.2) is 0 Å². The lowest BCUT2D eigenvalue weighted by molar-refractivity contribution is -0.118. The Balaban J connectivity index is 1.63. The van der Waals surface area contributed by atoms with Gasteiger partial charge in [-0.15, -0.1) is 0 Å². The van der Waals surface area contributed by atoms with Crippen molar-refractivity contribution < 1.29 is 14.3 Å². The van der Waals surface area contributed by atoms with E-state index in [1.165, 1.54) is 0 Å². The molecule has 2 amide bonds. The van der Waals surface area contributed by atoms with Crippen molar-refractivity contribution in [1.29, 1.82) is 0 Å². The molecule has 3 aromatic rings. The largest absolute Gasteiger partial charge is 0.484 e. The van der Waals surface area contributed by atoms with Gasteiger partial charge in [0.05, 0.1) is 17.3 Å². The Bertz CT molecular complexity index is 927. The number of carbonyl (C=O) groups is 2. The summed E-state index contributed by atoms with van der Waals surface area (Å²) >= 11 is 0. The highest BCUT2D eigenvalue weighted by Crippen LogP contribution is 2.18. The minimum Gasteiger partial charge on any atom is -0.484 e. The van der Waals surface area contributed by atoms with Crippen molar-refractivity contribution in [2.75, 3.05) is 11.9 Å². The van der Waals surface area contributed by atoms with Crippen LogP contribution in [0.1, 0.15) is 28.9 Å². The molecule has 0 fully saturated rings. The van der Waals surface area contributed by atoms with E-state index < -0.39 is 0 Å². The summed E-state index contributed by atoms with van der Waals surface area (Å²) in [6.45, 7) is 1.78. The van der Waals surface area contributed by atoms with Gasteiger partial charge in [-0.3, -0.25) is 9.59 Å². The van der Waals surface area contributed by atoms with Crippen LogP contribution >= 0.6 is 0 Å². The number of nitrogens with one attached hydrogen (secondary N) is 2. The van der Waals surface area contributed by atoms with E-state index in [4.69, 9.17) is 4.74 Å². The second kappa shape index (κ2) is 9.37. The van der Waals surface area contributed by atoms with E-state index in [0.717, 1.165) is 5.56 Å². The van der Waals surface area contributed by atoms with Crippen molar-refractivity contribution in [3.8, 4) is 5.75 Å². The van der Waals surface area contributed by atoms with E-state index >= 15 is 0 Å². The minimum absolute atomic E-state index is 0.139. The molecule has 28 heavy (non-hydrogen) atoms. The van der Waals surface area contributed by atoms with E-state index in [1.54, 1.807) is 36.4 Å². The fraction of sp³-hybridized carbons (Fsp3) is 0.130. The molecule has 0 spiro atoms. The van der Waals surface area contributed by atoms with Crippen LogP contribution < -0.4 is 15.4 Å². The lowest BCUT2D eigenvalue weighted by atomic mass is 10.1. The zero-order valence-corrected chi connectivity index (χ0v) is 15.6. The molecule has 0 aliphatic carbocycles. The van der Waals surface area contributed by atoms with Crippen molar-refractivity contribution in [3.05, 3.63) is 96.1 Å². The summed E-state index contributed by atoms with van der Waals surface area (Å²) in [5, 5.41) is 5.71. The highest BCUT2D eigenvalue weighted by molar-refractivity contribution is 6.04. The molecule has 0 radical (unpaired) electrons. The Kier molecular flexibility index (Phi) is 6.41. The summed E-state index contributed by atoms with van der Waals surface area (Å²) < 4.78 is 5.45. The van der Waals surface area contributed by atoms with Gasteiger partial charge < -0.3 is 15.4 Å². The summed E-state index contributed by atoms with van der Waals surface area (Å²) in [7, 11) is 0. The third-order valence-electron chi connectivity index (χ3n) is 4.21. The number of rotatable bonds is 7. The Hall–Kier alpha value is -3.60. The van der Waals surface area contributed by atoms with Crippen LogP contribution in [0.15, 0.2) is 84.9 Å². The third kappa shape index (κ3) is 5.20. The van der Waals surface area contributed by atoms with Gasteiger partial charge >= 0.3 is 0 Å². The number of carbonyl (C=O) groups excluding carboxylic acids is 2. The minimum atomic E-state index is -0.333. The maximum absolute atomic E-state index is 12.7. The Morgan fingerprint density at radius 3 is 2.18 bits per heavy atom. The molecule has 2 N–H and O–H groups in total. The molecule has 5 nitrogen and oxygen atoms in total. The Labute approximate surface area is 164 Å². The number of anilines is 1. The standard InChI is InChI=1S/C23H22N2O3/c1-17(18-10-4-2-5-11-18)24-23(27)20-14-8-9-15-21(20)25-22(26)16-28-19-12-6-3-7-13-19/h2-15,17H,16H2,1H3,(H,24,27)(H,25,26)/t17-/m1/s1. The van der Waals surface area contributed by atoms with E-state index in [9.17, 15) is 9.59 Å². The van der Waals surface area contributed by atoms with Crippen molar-refractivity contribution in [3.63, 3.8) is 0 Å². The van der Waals surface area contributed by atoms with E-state index in [0.29, 0.717) is 17.0 Å². The fourth-order valence-corrected chi connectivity index (χ4v) is 2.74. The zero-order chi connectivity index (χ0) is 19.8. The second-order valence-corrected chi connectivity index (χ2v) is 6.30. The molecule has 0 saturated carbocycles. The Morgan fingerprint density at radius 1 is 0.857 bits per heavy atom. The molecular formula is C23H22N2O3. The lowest BCUT2D eigenvalue weighted by Gasteiger charge is -2.16. The van der Waals surface area contributed by atoms with Gasteiger partial charge in [0.2, 0.25) is 0 Å². The molecular weight excluding hydrogens is 352 g/mol. The number of para-hydroxylation sites is 2. The molecule has 0 unspecified atom stereocenters. The first kappa shape index (κ1) is 19.2. The smallest absolute Gasteiger partial charge is 0.262 e. The summed E-state index contributed by atoms with van der Waals surface area (Å²) in [6, 6.07) is 25.6. The first-order chi connectivity index (χ1) is 13.6. The molecule has 3 aromatic carbocycles. The number of ether oxygens (including phenoxy) is 1. The molecule has 0 aliphatic rings. The van der Waals surface area contributed by atoms with Crippen molar-refractivity contribution in [2.45, 2.75) is 13.0 Å². The predicted octanol–water partition coefficient (Wildman–Crippen LogP) is 4.20. The number of benzene rings is 3. The number of hydrogen-bond acceptors (Lipinski definition) is 3. The van der Waals surface area contributed by atoms with E-state index in [1.807, 2.05) is 55.5 Å². The first-order valence-electron chi connectivity index (χ1n) is 9.06. The summed E-state index contributed by atoms with van der Waals surface area (Å²) in [6.07, 6.45) is 0. The highest BCUT2D eigenvalue weighted by atomic mass is 16.5. The SMILES string of the molecule is C[C@@H](NC(=O)c1ccccc1NC(=O)COc1ccccc1)c1ccccc1. The molecule has 0 saturated heterocycles. The van der Waals surface area contributed by atoms with Gasteiger partial charge in [-0.1, -0.05) is 60.7 Å². The average molecular weight is 374 g/mol. The average Bonchev–Trinajstić information content (AvgIpc) is 2.74. The van der Waals surface area contributed by atoms with Gasteiger partial charge in [0.1, 0.15) is 5.75 Å². The third-order valence-corrected chi connectivity index (χ3v) is 4.21. The van der Waals surface area contributed by atoms with Crippen molar-refractivity contribution in [1.82, 2.24) is 5.32 Å². The van der Waals surface area contributed by atoms with Gasteiger partial charge in [-0.05, 0) is 36.8 Å². The van der Waals surface area contributed by atoms with Crippen LogP contribution in [0.25, 0.3) is 0 Å². The van der Waals surface area contributed by atoms with Crippen LogP contribution in [0.2, 0.25) is 0 Å². The molecule has 142 valence electrons. The van der Waals surface area contributed by atoms with Crippen molar-refractivity contribution in [2.24, 2.45) is 0 Å². The van der Waals surface area contributed by atoms with Crippen LogP contribution in [0.3, 0.4) is 0 Å². The molecule has 1 atom stereocenters. The van der Waals surface area contributed by atoms with Gasteiger partial charge in [0.15, 0.2) is 6.61 Å². The van der Waals surface area contributed by atoms with Crippen LogP contribution in [0, 0.1) is 0 Å². The zero-order valence-electron chi connectivity index (χ0n) is 15.6. The lowest BCUT2D eigenvalue weighted by Crippen LogP contribution is -2.28. The predicted molar refractivity (Wildman–Crippen MR) is 109 cm³/mol.